The van der Waals surface area contributed by atoms with E-state index in [9.17, 15) is 4.79 Å². The van der Waals surface area contributed by atoms with Crippen molar-refractivity contribution >= 4 is 11.9 Å². The summed E-state index contributed by atoms with van der Waals surface area (Å²) in [7, 11) is 8.98. The summed E-state index contributed by atoms with van der Waals surface area (Å²) in [4.78, 5) is 20.1. The fraction of sp³-hybridized carbons (Fsp3) is 0.364. The van der Waals surface area contributed by atoms with E-state index in [0.29, 0.717) is 12.1 Å². The Morgan fingerprint density at radius 3 is 2.54 bits per heavy atom. The molecule has 6 nitrogen and oxygen atoms in total. The summed E-state index contributed by atoms with van der Waals surface area (Å²) in [6.07, 6.45) is 0.802. The van der Waals surface area contributed by atoms with Gasteiger partial charge in [-0.3, -0.25) is 9.79 Å². The second-order valence-electron chi connectivity index (χ2n) is 6.79. The highest BCUT2D eigenvalue weighted by molar-refractivity contribution is 5.94. The zero-order valence-electron chi connectivity index (χ0n) is 17.4. The lowest BCUT2D eigenvalue weighted by atomic mass is 10.1. The number of amides is 1. The van der Waals surface area contributed by atoms with Crippen LogP contribution >= 0.6 is 0 Å². The Morgan fingerprint density at radius 1 is 1.11 bits per heavy atom. The smallest absolute Gasteiger partial charge is 0.253 e. The number of guanidine groups is 1. The number of carbonyl (C=O) groups is 1. The number of benzene rings is 2. The number of hydrogen-bond acceptors (Lipinski definition) is 3. The Kier molecular flexibility index (Phi) is 7.87. The SMILES string of the molecule is CN=C(NCCc1cccc(C(=O)N(C)C)c1)N(C)Cc1ccccc1OC. The molecule has 0 aliphatic carbocycles. The first-order chi connectivity index (χ1) is 13.5. The van der Waals surface area contributed by atoms with Gasteiger partial charge in [0, 0.05) is 52.4 Å². The van der Waals surface area contributed by atoms with Crippen LogP contribution in [0.3, 0.4) is 0 Å². The van der Waals surface area contributed by atoms with Crippen molar-refractivity contribution in [2.75, 3.05) is 41.8 Å². The maximum Gasteiger partial charge on any atom is 0.253 e. The van der Waals surface area contributed by atoms with Gasteiger partial charge in [0.05, 0.1) is 7.11 Å². The summed E-state index contributed by atoms with van der Waals surface area (Å²) in [5.74, 6) is 1.70. The van der Waals surface area contributed by atoms with Crippen LogP contribution in [0, 0.1) is 0 Å². The van der Waals surface area contributed by atoms with Crippen molar-refractivity contribution in [2.45, 2.75) is 13.0 Å². The topological polar surface area (TPSA) is 57.2 Å². The molecule has 150 valence electrons. The number of hydrogen-bond donors (Lipinski definition) is 1. The molecule has 1 N–H and O–H groups in total. The third-order valence-electron chi connectivity index (χ3n) is 4.45. The molecular formula is C22H30N4O2. The maximum absolute atomic E-state index is 12.1. The van der Waals surface area contributed by atoms with E-state index < -0.39 is 0 Å². The van der Waals surface area contributed by atoms with E-state index >= 15 is 0 Å². The van der Waals surface area contributed by atoms with Gasteiger partial charge in [0.15, 0.2) is 5.96 Å². The lowest BCUT2D eigenvalue weighted by molar-refractivity contribution is 0.0827. The van der Waals surface area contributed by atoms with Gasteiger partial charge in [0.2, 0.25) is 0 Å². The van der Waals surface area contributed by atoms with Crippen LogP contribution in [-0.2, 0) is 13.0 Å². The minimum Gasteiger partial charge on any atom is -0.496 e. The Morgan fingerprint density at radius 2 is 1.86 bits per heavy atom. The van der Waals surface area contributed by atoms with Gasteiger partial charge in [0.25, 0.3) is 5.91 Å². The van der Waals surface area contributed by atoms with E-state index in [4.69, 9.17) is 4.74 Å². The molecular weight excluding hydrogens is 352 g/mol. The number of aliphatic imine (C=N–C) groups is 1. The van der Waals surface area contributed by atoms with Crippen molar-refractivity contribution in [1.82, 2.24) is 15.1 Å². The van der Waals surface area contributed by atoms with E-state index in [1.54, 1.807) is 33.2 Å². The normalized spacial score (nSPS) is 11.1. The third-order valence-corrected chi connectivity index (χ3v) is 4.45. The molecule has 0 radical (unpaired) electrons. The first-order valence-corrected chi connectivity index (χ1v) is 9.30. The lowest BCUT2D eigenvalue weighted by Gasteiger charge is -2.23. The summed E-state index contributed by atoms with van der Waals surface area (Å²) in [5, 5.41) is 3.39. The van der Waals surface area contributed by atoms with Gasteiger partial charge in [-0.15, -0.1) is 0 Å². The molecule has 0 saturated carbocycles. The van der Waals surface area contributed by atoms with E-state index in [2.05, 4.69) is 21.3 Å². The average molecular weight is 383 g/mol. The largest absolute Gasteiger partial charge is 0.496 e. The van der Waals surface area contributed by atoms with E-state index in [1.165, 1.54) is 0 Å². The number of ether oxygens (including phenoxy) is 1. The van der Waals surface area contributed by atoms with Crippen molar-refractivity contribution in [1.29, 1.82) is 0 Å². The zero-order valence-corrected chi connectivity index (χ0v) is 17.4. The molecule has 0 unspecified atom stereocenters. The Hall–Kier alpha value is -3.02. The highest BCUT2D eigenvalue weighted by Gasteiger charge is 2.11. The van der Waals surface area contributed by atoms with Gasteiger partial charge in [-0.05, 0) is 30.2 Å². The molecule has 28 heavy (non-hydrogen) atoms. The maximum atomic E-state index is 12.1. The molecule has 2 rings (SSSR count). The third kappa shape index (κ3) is 5.74. The second-order valence-corrected chi connectivity index (χ2v) is 6.79. The Labute approximate surface area is 167 Å². The molecule has 1 amide bonds. The number of methoxy groups -OCH3 is 1. The van der Waals surface area contributed by atoms with Crippen molar-refractivity contribution < 1.29 is 9.53 Å². The van der Waals surface area contributed by atoms with Gasteiger partial charge in [-0.2, -0.15) is 0 Å². The molecule has 0 fully saturated rings. The van der Waals surface area contributed by atoms with Gasteiger partial charge in [-0.25, -0.2) is 0 Å². The molecule has 6 heteroatoms. The molecule has 0 aromatic heterocycles. The molecule has 0 bridgehead atoms. The molecule has 0 atom stereocenters. The molecule has 0 spiro atoms. The summed E-state index contributed by atoms with van der Waals surface area (Å²) < 4.78 is 5.43. The zero-order chi connectivity index (χ0) is 20.5. The molecule has 0 saturated heterocycles. The molecule has 0 heterocycles. The number of nitrogens with zero attached hydrogens (tertiary/aromatic N) is 3. The highest BCUT2D eigenvalue weighted by atomic mass is 16.5. The Balaban J connectivity index is 1.94. The van der Waals surface area contributed by atoms with E-state index in [-0.39, 0.29) is 5.91 Å². The standard InChI is InChI=1S/C22H30N4O2/c1-23-22(26(4)16-19-10-6-7-12-20(19)28-5)24-14-13-17-9-8-11-18(15-17)21(27)25(2)3/h6-12,15H,13-14,16H2,1-5H3,(H,23,24). The lowest BCUT2D eigenvalue weighted by Crippen LogP contribution is -2.39. The van der Waals surface area contributed by atoms with Crippen LogP contribution in [0.5, 0.6) is 5.75 Å². The molecule has 0 aliphatic heterocycles. The second kappa shape index (κ2) is 10.3. The van der Waals surface area contributed by atoms with E-state index in [0.717, 1.165) is 35.8 Å². The first kappa shape index (κ1) is 21.3. The molecule has 0 aliphatic rings. The summed E-state index contributed by atoms with van der Waals surface area (Å²) in [6.45, 7) is 1.42. The summed E-state index contributed by atoms with van der Waals surface area (Å²) in [5.41, 5.74) is 2.92. The van der Waals surface area contributed by atoms with Crippen LogP contribution in [0.4, 0.5) is 0 Å². The first-order valence-electron chi connectivity index (χ1n) is 9.30. The molecule has 2 aromatic rings. The fourth-order valence-corrected chi connectivity index (χ4v) is 2.99. The van der Waals surface area contributed by atoms with Crippen LogP contribution in [0.1, 0.15) is 21.5 Å². The number of para-hydroxylation sites is 1. The number of carbonyl (C=O) groups excluding carboxylic acids is 1. The van der Waals surface area contributed by atoms with Crippen molar-refractivity contribution in [2.24, 2.45) is 4.99 Å². The van der Waals surface area contributed by atoms with Gasteiger partial charge in [-0.1, -0.05) is 30.3 Å². The van der Waals surface area contributed by atoms with Crippen LogP contribution < -0.4 is 10.1 Å². The minimum atomic E-state index is 0.0159. The average Bonchev–Trinajstić information content (AvgIpc) is 2.71. The summed E-state index contributed by atoms with van der Waals surface area (Å²) >= 11 is 0. The quantitative estimate of drug-likeness (QED) is 0.591. The van der Waals surface area contributed by atoms with Crippen LogP contribution in [-0.4, -0.2) is 63.5 Å². The van der Waals surface area contributed by atoms with Crippen LogP contribution in [0.15, 0.2) is 53.5 Å². The fourth-order valence-electron chi connectivity index (χ4n) is 2.99. The monoisotopic (exact) mass is 382 g/mol. The molecule has 2 aromatic carbocycles. The minimum absolute atomic E-state index is 0.0159. The predicted molar refractivity (Wildman–Crippen MR) is 114 cm³/mol. The van der Waals surface area contributed by atoms with Crippen molar-refractivity contribution in [3.8, 4) is 5.75 Å². The van der Waals surface area contributed by atoms with Crippen LogP contribution in [0.2, 0.25) is 0 Å². The van der Waals surface area contributed by atoms with Gasteiger partial charge < -0.3 is 19.9 Å². The van der Waals surface area contributed by atoms with Crippen molar-refractivity contribution in [3.63, 3.8) is 0 Å². The van der Waals surface area contributed by atoms with Gasteiger partial charge in [0.1, 0.15) is 5.75 Å². The van der Waals surface area contributed by atoms with Crippen LogP contribution in [0.25, 0.3) is 0 Å². The number of nitrogens with one attached hydrogen (secondary N) is 1. The highest BCUT2D eigenvalue weighted by Crippen LogP contribution is 2.18. The van der Waals surface area contributed by atoms with Gasteiger partial charge >= 0.3 is 0 Å². The number of rotatable bonds is 7. The Bertz CT molecular complexity index is 818. The predicted octanol–water partition coefficient (Wildman–Crippen LogP) is 2.65. The van der Waals surface area contributed by atoms with Crippen molar-refractivity contribution in [3.05, 3.63) is 65.2 Å². The summed E-state index contributed by atoms with van der Waals surface area (Å²) in [6, 6.07) is 15.7. The van der Waals surface area contributed by atoms with E-state index in [1.807, 2.05) is 49.5 Å².